The Morgan fingerprint density at radius 3 is 2.60 bits per heavy atom. The minimum atomic E-state index is -0.673. The zero-order valence-corrected chi connectivity index (χ0v) is 19.4. The molecule has 1 saturated carbocycles. The van der Waals surface area contributed by atoms with Crippen molar-refractivity contribution in [3.05, 3.63) is 46.1 Å². The van der Waals surface area contributed by atoms with Gasteiger partial charge < -0.3 is 29.0 Å². The van der Waals surface area contributed by atoms with Gasteiger partial charge >= 0.3 is 0 Å². The van der Waals surface area contributed by atoms with Crippen LogP contribution in [0.25, 0.3) is 11.2 Å². The number of rotatable bonds is 8. The first-order chi connectivity index (χ1) is 16.9. The topological polar surface area (TPSA) is 98.7 Å². The van der Waals surface area contributed by atoms with E-state index < -0.39 is 29.9 Å². The molecule has 2 N–H and O–H groups in total. The second-order valence-corrected chi connectivity index (χ2v) is 9.68. The molecular formula is C24H24ClF2N3O5. The molecule has 0 spiro atoms. The van der Waals surface area contributed by atoms with Crippen LogP contribution >= 0.6 is 11.6 Å². The lowest BCUT2D eigenvalue weighted by atomic mass is 10.1. The lowest BCUT2D eigenvalue weighted by molar-refractivity contribution is 0.00706. The van der Waals surface area contributed by atoms with Crippen molar-refractivity contribution >= 4 is 22.8 Å². The molecule has 2 saturated heterocycles. The third-order valence-corrected chi connectivity index (χ3v) is 6.96. The highest BCUT2D eigenvalue weighted by molar-refractivity contribution is 6.31. The molecule has 1 aromatic carbocycles. The summed E-state index contributed by atoms with van der Waals surface area (Å²) >= 11 is 6.39. The van der Waals surface area contributed by atoms with Gasteiger partial charge in [0.1, 0.15) is 35.7 Å². The average Bonchev–Trinajstić information content (AvgIpc) is 3.28. The van der Waals surface area contributed by atoms with Gasteiger partial charge in [0, 0.05) is 17.7 Å². The van der Waals surface area contributed by atoms with Crippen molar-refractivity contribution in [1.82, 2.24) is 15.0 Å². The van der Waals surface area contributed by atoms with E-state index in [0.717, 1.165) is 12.8 Å². The van der Waals surface area contributed by atoms with Crippen molar-refractivity contribution in [3.63, 3.8) is 0 Å². The number of aromatic nitrogens is 3. The molecule has 3 aliphatic rings. The van der Waals surface area contributed by atoms with Gasteiger partial charge in [-0.2, -0.15) is 4.98 Å². The molecule has 6 rings (SSSR count). The molecule has 2 aliphatic heterocycles. The van der Waals surface area contributed by atoms with Gasteiger partial charge in [0.15, 0.2) is 11.8 Å². The fourth-order valence-corrected chi connectivity index (χ4v) is 4.74. The SMILES string of the molecule is O[C@@H]1CO[C@H]2[C@@H]1OC[C@H]2Oc1nc2nc(CCc3c(F)cc(OCC4CC4)cc3F)c(Cl)cc2[nH]1. The van der Waals surface area contributed by atoms with Crippen molar-refractivity contribution in [2.24, 2.45) is 5.92 Å². The van der Waals surface area contributed by atoms with Crippen LogP contribution in [0.15, 0.2) is 18.2 Å². The van der Waals surface area contributed by atoms with Crippen LogP contribution in [0.5, 0.6) is 11.8 Å². The molecule has 1 aliphatic carbocycles. The van der Waals surface area contributed by atoms with E-state index >= 15 is 0 Å². The molecule has 4 atom stereocenters. The van der Waals surface area contributed by atoms with E-state index in [9.17, 15) is 13.9 Å². The maximum Gasteiger partial charge on any atom is 0.296 e. The Morgan fingerprint density at radius 1 is 1.06 bits per heavy atom. The Morgan fingerprint density at radius 2 is 1.83 bits per heavy atom. The number of hydrogen-bond donors (Lipinski definition) is 2. The number of aromatic amines is 1. The monoisotopic (exact) mass is 507 g/mol. The fourth-order valence-electron chi connectivity index (χ4n) is 4.50. The lowest BCUT2D eigenvalue weighted by Gasteiger charge is -2.15. The fraction of sp³-hybridized carbons (Fsp3) is 0.500. The van der Waals surface area contributed by atoms with Gasteiger partial charge in [0.05, 0.1) is 36.1 Å². The minimum Gasteiger partial charge on any atom is -0.493 e. The molecule has 11 heteroatoms. The zero-order chi connectivity index (χ0) is 24.1. The van der Waals surface area contributed by atoms with Crippen molar-refractivity contribution in [2.75, 3.05) is 19.8 Å². The molecule has 0 unspecified atom stereocenters. The number of nitrogens with one attached hydrogen (secondary N) is 1. The van der Waals surface area contributed by atoms with E-state index in [-0.39, 0.29) is 49.5 Å². The number of hydrogen-bond acceptors (Lipinski definition) is 7. The summed E-state index contributed by atoms with van der Waals surface area (Å²) in [6.45, 7) is 0.953. The van der Waals surface area contributed by atoms with Crippen LogP contribution < -0.4 is 9.47 Å². The van der Waals surface area contributed by atoms with Crippen molar-refractivity contribution in [1.29, 1.82) is 0 Å². The van der Waals surface area contributed by atoms with Crippen LogP contribution in [0.4, 0.5) is 8.78 Å². The Labute approximate surface area is 204 Å². The molecular weight excluding hydrogens is 484 g/mol. The predicted octanol–water partition coefficient (Wildman–Crippen LogP) is 3.37. The van der Waals surface area contributed by atoms with E-state index in [1.807, 2.05) is 0 Å². The predicted molar refractivity (Wildman–Crippen MR) is 121 cm³/mol. The lowest BCUT2D eigenvalue weighted by Crippen LogP contribution is -2.34. The molecule has 2 aromatic heterocycles. The largest absolute Gasteiger partial charge is 0.493 e. The van der Waals surface area contributed by atoms with E-state index in [4.69, 9.17) is 30.5 Å². The summed E-state index contributed by atoms with van der Waals surface area (Å²) in [7, 11) is 0. The summed E-state index contributed by atoms with van der Waals surface area (Å²) < 4.78 is 51.7. The van der Waals surface area contributed by atoms with E-state index in [1.54, 1.807) is 6.07 Å². The maximum atomic E-state index is 14.6. The number of benzene rings is 1. The number of fused-ring (bicyclic) bond motifs is 2. The van der Waals surface area contributed by atoms with Gasteiger partial charge in [0.25, 0.3) is 6.01 Å². The summed E-state index contributed by atoms with van der Waals surface area (Å²) in [5.41, 5.74) is 1.36. The average molecular weight is 508 g/mol. The van der Waals surface area contributed by atoms with Crippen molar-refractivity contribution in [2.45, 2.75) is 50.1 Å². The smallest absolute Gasteiger partial charge is 0.296 e. The van der Waals surface area contributed by atoms with Crippen molar-refractivity contribution < 1.29 is 32.8 Å². The standard InChI is InChI=1S/C24H24ClF2N3O5/c25-14-7-18-23(30-24(29-18)35-20-10-34-21-19(31)9-33-22(20)21)28-17(14)4-3-13-15(26)5-12(6-16(13)27)32-8-11-1-2-11/h5-7,11,19-22,31H,1-4,8-10H2,(H,28,29,30)/t19-,20-,21-,22-/m1/s1. The van der Waals surface area contributed by atoms with E-state index in [1.165, 1.54) is 12.1 Å². The zero-order valence-electron chi connectivity index (χ0n) is 18.7. The highest BCUT2D eigenvalue weighted by Crippen LogP contribution is 2.32. The van der Waals surface area contributed by atoms with Crippen LogP contribution in [-0.2, 0) is 22.3 Å². The number of pyridine rings is 1. The summed E-state index contributed by atoms with van der Waals surface area (Å²) in [6.07, 6.45) is 0.611. The summed E-state index contributed by atoms with van der Waals surface area (Å²) in [5.74, 6) is -0.613. The Bertz CT molecular complexity index is 1230. The Hall–Kier alpha value is -2.53. The van der Waals surface area contributed by atoms with Gasteiger partial charge in [0.2, 0.25) is 0 Å². The third-order valence-electron chi connectivity index (χ3n) is 6.63. The number of aliphatic hydroxyl groups is 1. The van der Waals surface area contributed by atoms with Gasteiger partial charge in [-0.3, -0.25) is 0 Å². The number of H-pyrrole nitrogens is 1. The number of aryl methyl sites for hydroxylation is 1. The second kappa shape index (κ2) is 9.16. The minimum absolute atomic E-state index is 0.0395. The molecule has 4 heterocycles. The van der Waals surface area contributed by atoms with Crippen molar-refractivity contribution in [3.8, 4) is 11.8 Å². The Kier molecular flexibility index (Phi) is 6.00. The van der Waals surface area contributed by atoms with Crippen LogP contribution in [0.3, 0.4) is 0 Å². The van der Waals surface area contributed by atoms with Crippen LogP contribution in [-0.4, -0.2) is 64.3 Å². The van der Waals surface area contributed by atoms with Gasteiger partial charge in [-0.05, 0) is 37.7 Å². The first-order valence-corrected chi connectivity index (χ1v) is 12.1. The number of aliphatic hydroxyl groups excluding tert-OH is 1. The summed E-state index contributed by atoms with van der Waals surface area (Å²) in [5, 5.41) is 10.2. The van der Waals surface area contributed by atoms with Gasteiger partial charge in [-0.1, -0.05) is 11.6 Å². The second-order valence-electron chi connectivity index (χ2n) is 9.27. The molecule has 0 radical (unpaired) electrons. The molecule has 0 bridgehead atoms. The normalized spacial score (nSPS) is 25.8. The number of nitrogens with zero attached hydrogens (tertiary/aromatic N) is 2. The highest BCUT2D eigenvalue weighted by Gasteiger charge is 2.48. The van der Waals surface area contributed by atoms with Gasteiger partial charge in [-0.25, -0.2) is 13.8 Å². The molecule has 3 fully saturated rings. The quantitative estimate of drug-likeness (QED) is 0.482. The maximum absolute atomic E-state index is 14.6. The first-order valence-electron chi connectivity index (χ1n) is 11.7. The summed E-state index contributed by atoms with van der Waals surface area (Å²) in [6, 6.07) is 4.32. The molecule has 186 valence electrons. The highest BCUT2D eigenvalue weighted by atomic mass is 35.5. The Balaban J connectivity index is 1.14. The molecule has 8 nitrogen and oxygen atoms in total. The molecule has 3 aromatic rings. The number of ether oxygens (including phenoxy) is 4. The number of halogens is 3. The van der Waals surface area contributed by atoms with Gasteiger partial charge in [-0.15, -0.1) is 0 Å². The van der Waals surface area contributed by atoms with E-state index in [0.29, 0.717) is 34.4 Å². The first kappa shape index (κ1) is 22.9. The third kappa shape index (κ3) is 4.67. The molecule has 35 heavy (non-hydrogen) atoms. The van der Waals surface area contributed by atoms with E-state index in [2.05, 4.69) is 15.0 Å². The summed E-state index contributed by atoms with van der Waals surface area (Å²) in [4.78, 5) is 11.9. The van der Waals surface area contributed by atoms with Crippen LogP contribution in [0.1, 0.15) is 24.1 Å². The number of imidazole rings is 1. The van der Waals surface area contributed by atoms with Crippen LogP contribution in [0, 0.1) is 17.6 Å². The molecule has 0 amide bonds. The van der Waals surface area contributed by atoms with Crippen LogP contribution in [0.2, 0.25) is 5.02 Å².